The number of amides is 1. The normalized spacial score (nSPS) is 10.3. The molecular formula is C19H25N3O. The summed E-state index contributed by atoms with van der Waals surface area (Å²) in [5.41, 5.74) is 2.78. The van der Waals surface area contributed by atoms with E-state index in [-0.39, 0.29) is 5.91 Å². The highest BCUT2D eigenvalue weighted by Gasteiger charge is 2.09. The Morgan fingerprint density at radius 1 is 1.17 bits per heavy atom. The summed E-state index contributed by atoms with van der Waals surface area (Å²) in [5, 5.41) is 2.95. The number of hydrogen-bond donors (Lipinski definition) is 1. The van der Waals surface area contributed by atoms with Gasteiger partial charge < -0.3 is 10.2 Å². The lowest BCUT2D eigenvalue weighted by Gasteiger charge is -2.19. The van der Waals surface area contributed by atoms with Gasteiger partial charge in [0.2, 0.25) is 0 Å². The lowest BCUT2D eigenvalue weighted by atomic mass is 10.2. The Morgan fingerprint density at radius 3 is 2.70 bits per heavy atom. The molecule has 2 rings (SSSR count). The van der Waals surface area contributed by atoms with E-state index in [1.807, 2.05) is 31.3 Å². The molecule has 0 unspecified atom stereocenters. The summed E-state index contributed by atoms with van der Waals surface area (Å²) in [7, 11) is 2.01. The highest BCUT2D eigenvalue weighted by Crippen LogP contribution is 2.16. The number of carbonyl (C=O) groups is 1. The smallest absolute Gasteiger partial charge is 0.252 e. The highest BCUT2D eigenvalue weighted by atomic mass is 16.1. The maximum atomic E-state index is 12.2. The molecule has 0 saturated carbocycles. The first-order valence-corrected chi connectivity index (χ1v) is 8.19. The minimum absolute atomic E-state index is 0.0523. The molecule has 1 aromatic carbocycles. The molecule has 1 aromatic heterocycles. The summed E-state index contributed by atoms with van der Waals surface area (Å²) in [5.74, 6) is -0.0523. The number of pyridine rings is 1. The molecular weight excluding hydrogens is 286 g/mol. The molecule has 0 saturated heterocycles. The molecule has 1 amide bonds. The van der Waals surface area contributed by atoms with Gasteiger partial charge in [-0.3, -0.25) is 9.78 Å². The first kappa shape index (κ1) is 17.0. The van der Waals surface area contributed by atoms with Gasteiger partial charge >= 0.3 is 0 Å². The van der Waals surface area contributed by atoms with Crippen LogP contribution in [0.4, 0.5) is 5.69 Å². The standard InChI is InChI=1S/C19H25N3O/c1-3-4-8-11-21-19(23)17-12-18(14-20-13-17)22(2)15-16-9-6-5-7-10-16/h5-7,9-10,12-14H,3-4,8,11,15H2,1-2H3,(H,21,23). The van der Waals surface area contributed by atoms with E-state index >= 15 is 0 Å². The second kappa shape index (κ2) is 8.93. The van der Waals surface area contributed by atoms with Crippen LogP contribution in [0.3, 0.4) is 0 Å². The number of aromatic nitrogens is 1. The van der Waals surface area contributed by atoms with Gasteiger partial charge in [0, 0.05) is 26.3 Å². The summed E-state index contributed by atoms with van der Waals surface area (Å²) in [6.45, 7) is 3.65. The lowest BCUT2D eigenvalue weighted by molar-refractivity contribution is 0.0952. The van der Waals surface area contributed by atoms with Gasteiger partial charge in [-0.15, -0.1) is 0 Å². The van der Waals surface area contributed by atoms with E-state index in [0.717, 1.165) is 38.0 Å². The van der Waals surface area contributed by atoms with Gasteiger partial charge in [0.25, 0.3) is 5.91 Å². The maximum Gasteiger partial charge on any atom is 0.252 e. The van der Waals surface area contributed by atoms with Gasteiger partial charge in [-0.1, -0.05) is 50.1 Å². The topological polar surface area (TPSA) is 45.2 Å². The molecule has 4 heteroatoms. The Kier molecular flexibility index (Phi) is 6.60. The van der Waals surface area contributed by atoms with Crippen LogP contribution in [0, 0.1) is 0 Å². The third kappa shape index (κ3) is 5.40. The van der Waals surface area contributed by atoms with Gasteiger partial charge in [0.1, 0.15) is 0 Å². The zero-order valence-electron chi connectivity index (χ0n) is 14.0. The van der Waals surface area contributed by atoms with E-state index in [1.165, 1.54) is 5.56 Å². The van der Waals surface area contributed by atoms with Gasteiger partial charge in [0.05, 0.1) is 17.4 Å². The van der Waals surface area contributed by atoms with Crippen molar-refractivity contribution in [3.05, 3.63) is 59.9 Å². The zero-order valence-corrected chi connectivity index (χ0v) is 14.0. The molecule has 0 atom stereocenters. The van der Waals surface area contributed by atoms with Crippen LogP contribution in [0.5, 0.6) is 0 Å². The Bertz CT molecular complexity index is 613. The molecule has 0 aliphatic rings. The maximum absolute atomic E-state index is 12.2. The van der Waals surface area contributed by atoms with E-state index in [1.54, 1.807) is 12.4 Å². The van der Waals surface area contributed by atoms with Crippen molar-refractivity contribution in [1.29, 1.82) is 0 Å². The molecule has 2 aromatic rings. The van der Waals surface area contributed by atoms with Crippen molar-refractivity contribution in [1.82, 2.24) is 10.3 Å². The molecule has 1 heterocycles. The Balaban J connectivity index is 1.97. The van der Waals surface area contributed by atoms with Crippen LogP contribution in [0.2, 0.25) is 0 Å². The van der Waals surface area contributed by atoms with Gasteiger partial charge in [0.15, 0.2) is 0 Å². The predicted molar refractivity (Wildman–Crippen MR) is 94.6 cm³/mol. The van der Waals surface area contributed by atoms with Crippen molar-refractivity contribution in [2.24, 2.45) is 0 Å². The van der Waals surface area contributed by atoms with E-state index in [0.29, 0.717) is 5.56 Å². The van der Waals surface area contributed by atoms with E-state index in [2.05, 4.69) is 34.3 Å². The van der Waals surface area contributed by atoms with Crippen molar-refractivity contribution in [3.63, 3.8) is 0 Å². The third-order valence-electron chi connectivity index (χ3n) is 3.76. The molecule has 0 aliphatic heterocycles. The van der Waals surface area contributed by atoms with Crippen molar-refractivity contribution < 1.29 is 4.79 Å². The monoisotopic (exact) mass is 311 g/mol. The average molecular weight is 311 g/mol. The lowest BCUT2D eigenvalue weighted by Crippen LogP contribution is -2.25. The molecule has 0 aliphatic carbocycles. The van der Waals surface area contributed by atoms with Gasteiger partial charge in [-0.05, 0) is 18.1 Å². The van der Waals surface area contributed by atoms with Crippen LogP contribution in [-0.4, -0.2) is 24.5 Å². The summed E-state index contributed by atoms with van der Waals surface area (Å²) >= 11 is 0. The van der Waals surface area contributed by atoms with Crippen molar-refractivity contribution in [2.45, 2.75) is 32.7 Å². The number of hydrogen-bond acceptors (Lipinski definition) is 3. The second-order valence-corrected chi connectivity index (χ2v) is 5.74. The van der Waals surface area contributed by atoms with E-state index < -0.39 is 0 Å². The number of rotatable bonds is 8. The molecule has 0 bridgehead atoms. The molecule has 0 radical (unpaired) electrons. The van der Waals surface area contributed by atoms with Gasteiger partial charge in [-0.2, -0.15) is 0 Å². The number of unbranched alkanes of at least 4 members (excludes halogenated alkanes) is 2. The van der Waals surface area contributed by atoms with Gasteiger partial charge in [-0.25, -0.2) is 0 Å². The highest BCUT2D eigenvalue weighted by molar-refractivity contribution is 5.94. The van der Waals surface area contributed by atoms with Crippen LogP contribution in [0.1, 0.15) is 42.1 Å². The van der Waals surface area contributed by atoms with Crippen molar-refractivity contribution in [3.8, 4) is 0 Å². The minimum Gasteiger partial charge on any atom is -0.369 e. The fraction of sp³-hybridized carbons (Fsp3) is 0.368. The molecule has 23 heavy (non-hydrogen) atoms. The molecule has 4 nitrogen and oxygen atoms in total. The Hall–Kier alpha value is -2.36. The quantitative estimate of drug-likeness (QED) is 0.757. The minimum atomic E-state index is -0.0523. The van der Waals surface area contributed by atoms with E-state index in [9.17, 15) is 4.79 Å². The first-order valence-electron chi connectivity index (χ1n) is 8.19. The third-order valence-corrected chi connectivity index (χ3v) is 3.76. The number of anilines is 1. The molecule has 0 fully saturated rings. The SMILES string of the molecule is CCCCCNC(=O)c1cncc(N(C)Cc2ccccc2)c1. The van der Waals surface area contributed by atoms with E-state index in [4.69, 9.17) is 0 Å². The first-order chi connectivity index (χ1) is 11.2. The number of nitrogens with zero attached hydrogens (tertiary/aromatic N) is 2. The number of benzene rings is 1. The van der Waals surface area contributed by atoms with Crippen molar-refractivity contribution >= 4 is 11.6 Å². The fourth-order valence-electron chi connectivity index (χ4n) is 2.39. The summed E-state index contributed by atoms with van der Waals surface area (Å²) in [4.78, 5) is 18.5. The van der Waals surface area contributed by atoms with Crippen LogP contribution < -0.4 is 10.2 Å². The summed E-state index contributed by atoms with van der Waals surface area (Å²) in [6, 6.07) is 12.1. The number of carbonyl (C=O) groups excluding carboxylic acids is 1. The molecule has 122 valence electrons. The average Bonchev–Trinajstić information content (AvgIpc) is 2.59. The summed E-state index contributed by atoms with van der Waals surface area (Å²) in [6.07, 6.45) is 6.71. The summed E-state index contributed by atoms with van der Waals surface area (Å²) < 4.78 is 0. The number of nitrogens with one attached hydrogen (secondary N) is 1. The van der Waals surface area contributed by atoms with Crippen molar-refractivity contribution in [2.75, 3.05) is 18.5 Å². The Morgan fingerprint density at radius 2 is 1.96 bits per heavy atom. The fourth-order valence-corrected chi connectivity index (χ4v) is 2.39. The van der Waals surface area contributed by atoms with Crippen LogP contribution in [-0.2, 0) is 6.54 Å². The molecule has 0 spiro atoms. The largest absolute Gasteiger partial charge is 0.369 e. The molecule has 1 N–H and O–H groups in total. The Labute approximate surface area is 138 Å². The predicted octanol–water partition coefficient (Wildman–Crippen LogP) is 3.64. The van der Waals surface area contributed by atoms with Crippen LogP contribution in [0.25, 0.3) is 0 Å². The zero-order chi connectivity index (χ0) is 16.5. The second-order valence-electron chi connectivity index (χ2n) is 5.74. The van der Waals surface area contributed by atoms with Crippen LogP contribution >= 0.6 is 0 Å². The van der Waals surface area contributed by atoms with Crippen LogP contribution in [0.15, 0.2) is 48.8 Å².